The van der Waals surface area contributed by atoms with Crippen molar-refractivity contribution in [3.05, 3.63) is 65.2 Å². The highest BCUT2D eigenvalue weighted by Gasteiger charge is 2.04. The van der Waals surface area contributed by atoms with E-state index in [0.717, 1.165) is 12.0 Å². The molecular formula is C15H15ClN2O2. The van der Waals surface area contributed by atoms with Gasteiger partial charge in [-0.1, -0.05) is 54.1 Å². The fourth-order valence-electron chi connectivity index (χ4n) is 1.64. The van der Waals surface area contributed by atoms with Crippen molar-refractivity contribution in [2.75, 3.05) is 11.9 Å². The predicted octanol–water partition coefficient (Wildman–Crippen LogP) is 3.64. The minimum absolute atomic E-state index is 0.403. The molecule has 5 heteroatoms. The molecule has 0 aliphatic heterocycles. The average molecular weight is 291 g/mol. The summed E-state index contributed by atoms with van der Waals surface area (Å²) in [5.74, 6) is 0. The number of hydrogen-bond donors (Lipinski definition) is 2. The Morgan fingerprint density at radius 2 is 1.75 bits per heavy atom. The summed E-state index contributed by atoms with van der Waals surface area (Å²) in [6, 6.07) is 16.4. The van der Waals surface area contributed by atoms with Crippen LogP contribution < -0.4 is 10.8 Å². The number of urea groups is 1. The molecule has 0 aliphatic rings. The highest BCUT2D eigenvalue weighted by molar-refractivity contribution is 6.33. The zero-order chi connectivity index (χ0) is 14.2. The fraction of sp³-hybridized carbons (Fsp3) is 0.133. The van der Waals surface area contributed by atoms with Gasteiger partial charge in [0.05, 0.1) is 17.3 Å². The van der Waals surface area contributed by atoms with Crippen LogP contribution in [-0.4, -0.2) is 12.6 Å². The molecule has 4 nitrogen and oxygen atoms in total. The molecule has 2 N–H and O–H groups in total. The molecule has 0 aromatic heterocycles. The van der Waals surface area contributed by atoms with Crippen LogP contribution in [0.25, 0.3) is 0 Å². The Balaban J connectivity index is 1.69. The summed E-state index contributed by atoms with van der Waals surface area (Å²) in [4.78, 5) is 16.7. The predicted molar refractivity (Wildman–Crippen MR) is 79.7 cm³/mol. The van der Waals surface area contributed by atoms with Crippen LogP contribution in [0.5, 0.6) is 0 Å². The van der Waals surface area contributed by atoms with Crippen molar-refractivity contribution in [3.8, 4) is 0 Å². The number of carbonyl (C=O) groups excluding carboxylic acids is 1. The highest BCUT2D eigenvalue weighted by Crippen LogP contribution is 2.19. The molecule has 2 amide bonds. The molecule has 0 saturated heterocycles. The van der Waals surface area contributed by atoms with Gasteiger partial charge in [0, 0.05) is 0 Å². The maximum atomic E-state index is 11.6. The summed E-state index contributed by atoms with van der Waals surface area (Å²) >= 11 is 5.93. The van der Waals surface area contributed by atoms with Gasteiger partial charge in [-0.25, -0.2) is 10.3 Å². The second-order valence-electron chi connectivity index (χ2n) is 4.12. The van der Waals surface area contributed by atoms with Crippen molar-refractivity contribution in [2.24, 2.45) is 0 Å². The van der Waals surface area contributed by atoms with E-state index in [0.29, 0.717) is 17.3 Å². The van der Waals surface area contributed by atoms with Gasteiger partial charge >= 0.3 is 6.03 Å². The van der Waals surface area contributed by atoms with E-state index in [1.807, 2.05) is 30.3 Å². The summed E-state index contributed by atoms with van der Waals surface area (Å²) < 4.78 is 0. The van der Waals surface area contributed by atoms with E-state index >= 15 is 0 Å². The molecule has 2 rings (SSSR count). The maximum Gasteiger partial charge on any atom is 0.343 e. The van der Waals surface area contributed by atoms with Crippen molar-refractivity contribution in [1.29, 1.82) is 0 Å². The largest absolute Gasteiger partial charge is 0.343 e. The minimum atomic E-state index is -0.453. The number of nitrogens with one attached hydrogen (secondary N) is 2. The zero-order valence-corrected chi connectivity index (χ0v) is 11.6. The molecule has 0 aliphatic carbocycles. The maximum absolute atomic E-state index is 11.6. The van der Waals surface area contributed by atoms with Crippen molar-refractivity contribution < 1.29 is 9.63 Å². The molecule has 20 heavy (non-hydrogen) atoms. The number of anilines is 1. The molecular weight excluding hydrogens is 276 g/mol. The van der Waals surface area contributed by atoms with Gasteiger partial charge in [0.15, 0.2) is 0 Å². The van der Waals surface area contributed by atoms with E-state index in [9.17, 15) is 4.79 Å². The summed E-state index contributed by atoms with van der Waals surface area (Å²) in [6.07, 6.45) is 0.729. The lowest BCUT2D eigenvalue weighted by molar-refractivity contribution is 0.0681. The van der Waals surface area contributed by atoms with Crippen LogP contribution in [0.1, 0.15) is 5.56 Å². The van der Waals surface area contributed by atoms with Crippen LogP contribution in [0.2, 0.25) is 5.02 Å². The van der Waals surface area contributed by atoms with E-state index < -0.39 is 6.03 Å². The Kier molecular flexibility index (Phi) is 5.41. The van der Waals surface area contributed by atoms with E-state index in [2.05, 4.69) is 10.8 Å². The molecule has 0 spiro atoms. The number of hydroxylamine groups is 1. The van der Waals surface area contributed by atoms with E-state index in [4.69, 9.17) is 16.4 Å². The normalized spacial score (nSPS) is 10.1. The minimum Gasteiger partial charge on any atom is -0.305 e. The third-order valence-corrected chi connectivity index (χ3v) is 2.95. The van der Waals surface area contributed by atoms with Crippen molar-refractivity contribution >= 4 is 23.3 Å². The molecule has 0 heterocycles. The molecule has 2 aromatic rings. The van der Waals surface area contributed by atoms with E-state index in [1.165, 1.54) is 0 Å². The smallest absolute Gasteiger partial charge is 0.305 e. The van der Waals surface area contributed by atoms with Gasteiger partial charge in [0.2, 0.25) is 0 Å². The number of carbonyl (C=O) groups is 1. The molecule has 0 unspecified atom stereocenters. The quantitative estimate of drug-likeness (QED) is 0.652. The molecule has 0 fully saturated rings. The van der Waals surface area contributed by atoms with Gasteiger partial charge in [0.25, 0.3) is 0 Å². The number of halogens is 1. The van der Waals surface area contributed by atoms with Crippen LogP contribution in [0, 0.1) is 0 Å². The summed E-state index contributed by atoms with van der Waals surface area (Å²) in [7, 11) is 0. The van der Waals surface area contributed by atoms with Crippen LogP contribution in [-0.2, 0) is 11.3 Å². The van der Waals surface area contributed by atoms with Crippen LogP contribution in [0.15, 0.2) is 54.6 Å². The summed E-state index contributed by atoms with van der Waals surface area (Å²) in [6.45, 7) is 0.403. The van der Waals surface area contributed by atoms with Gasteiger partial charge in [0.1, 0.15) is 0 Å². The lowest BCUT2D eigenvalue weighted by Gasteiger charge is -2.09. The van der Waals surface area contributed by atoms with Crippen LogP contribution >= 0.6 is 11.6 Å². The number of hydrogen-bond acceptors (Lipinski definition) is 2. The first-order chi connectivity index (χ1) is 9.75. The monoisotopic (exact) mass is 290 g/mol. The Bertz CT molecular complexity index is 561. The zero-order valence-electron chi connectivity index (χ0n) is 10.8. The number of rotatable bonds is 5. The van der Waals surface area contributed by atoms with Crippen molar-refractivity contribution in [2.45, 2.75) is 6.42 Å². The number of benzene rings is 2. The fourth-order valence-corrected chi connectivity index (χ4v) is 1.82. The van der Waals surface area contributed by atoms with Crippen molar-refractivity contribution in [1.82, 2.24) is 5.48 Å². The van der Waals surface area contributed by atoms with Gasteiger partial charge in [-0.05, 0) is 24.1 Å². The number of amides is 2. The molecule has 2 aromatic carbocycles. The Hall–Kier alpha value is -2.04. The Morgan fingerprint density at radius 3 is 2.50 bits per heavy atom. The highest BCUT2D eigenvalue weighted by atomic mass is 35.5. The Labute approximate surface area is 122 Å². The van der Waals surface area contributed by atoms with Crippen LogP contribution in [0.4, 0.5) is 10.5 Å². The standard InChI is InChI=1S/C15H15ClN2O2/c16-13-8-4-5-9-14(13)17-15(19)18-20-11-10-12-6-2-1-3-7-12/h1-9H,10-11H2,(H2,17,18,19). The molecule has 0 saturated carbocycles. The van der Waals surface area contributed by atoms with Crippen LogP contribution in [0.3, 0.4) is 0 Å². The second kappa shape index (κ2) is 7.53. The lowest BCUT2D eigenvalue weighted by Crippen LogP contribution is -2.29. The van der Waals surface area contributed by atoms with Gasteiger partial charge in [-0.2, -0.15) is 0 Å². The van der Waals surface area contributed by atoms with Gasteiger partial charge in [-0.15, -0.1) is 0 Å². The SMILES string of the molecule is O=C(NOCCc1ccccc1)Nc1ccccc1Cl. The third kappa shape index (κ3) is 4.57. The van der Waals surface area contributed by atoms with Gasteiger partial charge in [-0.3, -0.25) is 4.84 Å². The molecule has 104 valence electrons. The first-order valence-corrected chi connectivity index (χ1v) is 6.61. The first-order valence-electron chi connectivity index (χ1n) is 6.23. The molecule has 0 atom stereocenters. The lowest BCUT2D eigenvalue weighted by atomic mass is 10.2. The Morgan fingerprint density at radius 1 is 1.05 bits per heavy atom. The van der Waals surface area contributed by atoms with Crippen molar-refractivity contribution in [3.63, 3.8) is 0 Å². The second-order valence-corrected chi connectivity index (χ2v) is 4.53. The third-order valence-electron chi connectivity index (χ3n) is 2.62. The topological polar surface area (TPSA) is 50.4 Å². The summed E-state index contributed by atoms with van der Waals surface area (Å²) in [5.41, 5.74) is 4.01. The average Bonchev–Trinajstić information content (AvgIpc) is 2.47. The molecule has 0 radical (unpaired) electrons. The molecule has 0 bridgehead atoms. The first kappa shape index (κ1) is 14.4. The summed E-state index contributed by atoms with van der Waals surface area (Å²) in [5, 5.41) is 3.08. The van der Waals surface area contributed by atoms with E-state index in [-0.39, 0.29) is 0 Å². The number of para-hydroxylation sites is 1. The van der Waals surface area contributed by atoms with Gasteiger partial charge < -0.3 is 5.32 Å². The van der Waals surface area contributed by atoms with E-state index in [1.54, 1.807) is 24.3 Å².